The summed E-state index contributed by atoms with van der Waals surface area (Å²) in [6, 6.07) is 16.4. The van der Waals surface area contributed by atoms with Crippen LogP contribution >= 0.6 is 0 Å². The highest BCUT2D eigenvalue weighted by atomic mass is 16.4. The van der Waals surface area contributed by atoms with Crippen LogP contribution in [0.3, 0.4) is 0 Å². The molecule has 0 amide bonds. The largest absolute Gasteiger partial charge is 0.480 e. The van der Waals surface area contributed by atoms with Gasteiger partial charge in [-0.3, -0.25) is 14.4 Å². The Kier molecular flexibility index (Phi) is 13.6. The fraction of sp³-hybridized carbons (Fsp3) is 0.469. The van der Waals surface area contributed by atoms with E-state index in [0.29, 0.717) is 12.8 Å². The first kappa shape index (κ1) is 30.2. The first-order chi connectivity index (χ1) is 17.9. The van der Waals surface area contributed by atoms with Crippen molar-refractivity contribution in [3.05, 3.63) is 83.9 Å². The Bertz CT molecular complexity index is 929. The normalized spacial score (nSPS) is 12.5. The molecule has 0 fully saturated rings. The van der Waals surface area contributed by atoms with Crippen LogP contribution in [-0.4, -0.2) is 33.9 Å². The molecule has 5 nitrogen and oxygen atoms in total. The average Bonchev–Trinajstić information content (AvgIpc) is 2.92. The Labute approximate surface area is 221 Å². The molecule has 0 saturated heterocycles. The van der Waals surface area contributed by atoms with E-state index in [4.69, 9.17) is 0 Å². The van der Waals surface area contributed by atoms with E-state index in [2.05, 4.69) is 13.0 Å². The zero-order chi connectivity index (χ0) is 26.9. The van der Waals surface area contributed by atoms with Gasteiger partial charge in [-0.25, -0.2) is 0 Å². The maximum Gasteiger partial charge on any atom is 0.325 e. The van der Waals surface area contributed by atoms with Crippen LogP contribution in [-0.2, 0) is 4.79 Å². The van der Waals surface area contributed by atoms with Gasteiger partial charge in [0.1, 0.15) is 0 Å². The van der Waals surface area contributed by atoms with E-state index in [-0.39, 0.29) is 23.7 Å². The topological polar surface area (TPSA) is 91.7 Å². The molecule has 2 aromatic carbocycles. The number of hydrogen-bond donors (Lipinski definition) is 2. The molecule has 0 aromatic heterocycles. The Morgan fingerprint density at radius 3 is 1.84 bits per heavy atom. The van der Waals surface area contributed by atoms with Crippen LogP contribution in [0.25, 0.3) is 0 Å². The van der Waals surface area contributed by atoms with Crippen LogP contribution in [0.4, 0.5) is 0 Å². The molecule has 0 unspecified atom stereocenters. The summed E-state index contributed by atoms with van der Waals surface area (Å²) >= 11 is 0. The fourth-order valence-electron chi connectivity index (χ4n) is 4.60. The monoisotopic (exact) mass is 506 g/mol. The van der Waals surface area contributed by atoms with Crippen molar-refractivity contribution in [1.82, 2.24) is 0 Å². The van der Waals surface area contributed by atoms with Gasteiger partial charge in [0.2, 0.25) is 0 Å². The lowest BCUT2D eigenvalue weighted by Crippen LogP contribution is -2.46. The fourth-order valence-corrected chi connectivity index (χ4v) is 4.60. The lowest BCUT2D eigenvalue weighted by Gasteiger charge is -2.27. The number of aliphatic carboxylic acids is 1. The zero-order valence-electron chi connectivity index (χ0n) is 22.1. The van der Waals surface area contributed by atoms with Gasteiger partial charge in [0.25, 0.3) is 0 Å². The molecule has 0 saturated carbocycles. The molecule has 2 aromatic rings. The lowest BCUT2D eigenvalue weighted by molar-refractivity contribution is -0.143. The van der Waals surface area contributed by atoms with Gasteiger partial charge in [0.05, 0.1) is 6.10 Å². The molecule has 0 aliphatic rings. The van der Waals surface area contributed by atoms with Crippen LogP contribution in [0.2, 0.25) is 0 Å². The minimum Gasteiger partial charge on any atom is -0.480 e. The van der Waals surface area contributed by atoms with Gasteiger partial charge >= 0.3 is 5.97 Å². The van der Waals surface area contributed by atoms with Crippen molar-refractivity contribution >= 4 is 17.5 Å². The lowest BCUT2D eigenvalue weighted by atomic mass is 9.71. The van der Waals surface area contributed by atoms with Gasteiger partial charge in [-0.1, -0.05) is 125 Å². The summed E-state index contributed by atoms with van der Waals surface area (Å²) in [6.45, 7) is 2.18. The first-order valence-corrected chi connectivity index (χ1v) is 13.7. The SMILES string of the molecule is CCCCCC[C@@H](O)C/C=C\CCCCCCC(C(=O)O)(C(=O)c1ccccc1)C(=O)c1ccccc1. The van der Waals surface area contributed by atoms with Crippen LogP contribution in [0.15, 0.2) is 72.8 Å². The molecule has 1 atom stereocenters. The maximum absolute atomic E-state index is 13.5. The van der Waals surface area contributed by atoms with Crippen molar-refractivity contribution in [2.24, 2.45) is 5.41 Å². The van der Waals surface area contributed by atoms with Gasteiger partial charge in [-0.2, -0.15) is 0 Å². The van der Waals surface area contributed by atoms with Crippen LogP contribution in [0, 0.1) is 5.41 Å². The van der Waals surface area contributed by atoms with E-state index < -0.39 is 23.0 Å². The number of allylic oxidation sites excluding steroid dienone is 1. The van der Waals surface area contributed by atoms with Crippen molar-refractivity contribution in [3.8, 4) is 0 Å². The molecule has 0 aliphatic carbocycles. The summed E-state index contributed by atoms with van der Waals surface area (Å²) in [6.07, 6.45) is 13.9. The molecule has 0 aliphatic heterocycles. The van der Waals surface area contributed by atoms with Crippen LogP contribution in [0.1, 0.15) is 105 Å². The summed E-state index contributed by atoms with van der Waals surface area (Å²) in [4.78, 5) is 39.5. The maximum atomic E-state index is 13.5. The molecular weight excluding hydrogens is 464 g/mol. The number of carboxylic acids is 1. The Morgan fingerprint density at radius 1 is 0.757 bits per heavy atom. The zero-order valence-corrected chi connectivity index (χ0v) is 22.1. The number of rotatable bonds is 19. The van der Waals surface area contributed by atoms with E-state index in [1.165, 1.54) is 19.3 Å². The summed E-state index contributed by atoms with van der Waals surface area (Å²) in [5.41, 5.74) is -1.69. The van der Waals surface area contributed by atoms with E-state index in [9.17, 15) is 24.6 Å². The average molecular weight is 507 g/mol. The third kappa shape index (κ3) is 9.40. The molecule has 2 N–H and O–H groups in total. The molecule has 5 heteroatoms. The number of carbonyl (C=O) groups is 3. The van der Waals surface area contributed by atoms with Gasteiger partial charge < -0.3 is 10.2 Å². The highest BCUT2D eigenvalue weighted by molar-refractivity contribution is 6.30. The van der Waals surface area contributed by atoms with Crippen LogP contribution < -0.4 is 0 Å². The van der Waals surface area contributed by atoms with Gasteiger partial charge in [0.15, 0.2) is 17.0 Å². The summed E-state index contributed by atoms with van der Waals surface area (Å²) in [7, 11) is 0. The molecule has 0 radical (unpaired) electrons. The summed E-state index contributed by atoms with van der Waals surface area (Å²) in [5.74, 6) is -2.72. The second-order valence-corrected chi connectivity index (χ2v) is 9.76. The number of carboxylic acid groups (broad SMARTS) is 1. The minimum absolute atomic E-state index is 0.0378. The Balaban J connectivity index is 1.92. The number of benzene rings is 2. The predicted octanol–water partition coefficient (Wildman–Crippen LogP) is 7.44. The smallest absolute Gasteiger partial charge is 0.325 e. The second kappa shape index (κ2) is 16.6. The van der Waals surface area contributed by atoms with Crippen molar-refractivity contribution in [3.63, 3.8) is 0 Å². The van der Waals surface area contributed by atoms with E-state index in [1.807, 2.05) is 6.08 Å². The third-order valence-electron chi connectivity index (χ3n) is 6.85. The molecule has 2 rings (SSSR count). The van der Waals surface area contributed by atoms with E-state index >= 15 is 0 Å². The molecule has 0 heterocycles. The number of aliphatic hydroxyl groups is 1. The summed E-state index contributed by atoms with van der Waals surface area (Å²) in [5, 5.41) is 20.3. The second-order valence-electron chi connectivity index (χ2n) is 9.76. The predicted molar refractivity (Wildman–Crippen MR) is 148 cm³/mol. The highest BCUT2D eigenvalue weighted by Crippen LogP contribution is 2.34. The van der Waals surface area contributed by atoms with Gasteiger partial charge in [0, 0.05) is 11.1 Å². The number of aliphatic hydroxyl groups excluding tert-OH is 1. The Hall–Kier alpha value is -3.05. The standard InChI is InChI=1S/C32H42O5/c1-2-3-4-16-23-28(33)24-17-8-6-5-7-9-18-25-32(31(36)37,29(34)26-19-12-10-13-20-26)30(35)27-21-14-11-15-22-27/h8,10-15,17,19-22,28,33H,2-7,9,16,18,23-25H2,1H3,(H,36,37)/b17-8-/t28-/m1/s1. The number of hydrogen-bond acceptors (Lipinski definition) is 4. The quantitative estimate of drug-likeness (QED) is 0.0894. The van der Waals surface area contributed by atoms with E-state index in [0.717, 1.165) is 38.5 Å². The first-order valence-electron chi connectivity index (χ1n) is 13.7. The van der Waals surface area contributed by atoms with Crippen molar-refractivity contribution in [2.75, 3.05) is 0 Å². The van der Waals surface area contributed by atoms with Gasteiger partial charge in [-0.15, -0.1) is 0 Å². The molecular formula is C32H42O5. The van der Waals surface area contributed by atoms with Crippen LogP contribution in [0.5, 0.6) is 0 Å². The molecule has 37 heavy (non-hydrogen) atoms. The van der Waals surface area contributed by atoms with E-state index in [1.54, 1.807) is 60.7 Å². The molecule has 0 bridgehead atoms. The summed E-state index contributed by atoms with van der Waals surface area (Å²) < 4.78 is 0. The van der Waals surface area contributed by atoms with Gasteiger partial charge in [-0.05, 0) is 32.1 Å². The number of unbranched alkanes of at least 4 members (excludes halogenated alkanes) is 7. The van der Waals surface area contributed by atoms with Crippen molar-refractivity contribution < 1.29 is 24.6 Å². The number of Topliss-reactive ketones (excluding diaryl/α,β-unsaturated/α-hetero) is 2. The molecule has 0 spiro atoms. The van der Waals surface area contributed by atoms with Crippen molar-refractivity contribution in [2.45, 2.75) is 90.1 Å². The molecule has 200 valence electrons. The Morgan fingerprint density at radius 2 is 1.30 bits per heavy atom. The number of ketones is 2. The highest BCUT2D eigenvalue weighted by Gasteiger charge is 2.52. The van der Waals surface area contributed by atoms with Crippen molar-refractivity contribution in [1.29, 1.82) is 0 Å². The minimum atomic E-state index is -2.14. The number of carbonyl (C=O) groups excluding carboxylic acids is 2. The third-order valence-corrected chi connectivity index (χ3v) is 6.85.